The Morgan fingerprint density at radius 1 is 1.04 bits per heavy atom. The van der Waals surface area contributed by atoms with Gasteiger partial charge in [0.25, 0.3) is 10.0 Å². The van der Waals surface area contributed by atoms with Gasteiger partial charge in [-0.2, -0.15) is 12.8 Å². The Kier molecular flexibility index (Phi) is 9.50. The summed E-state index contributed by atoms with van der Waals surface area (Å²) >= 11 is 1.15. The molecule has 0 unspecified atom stereocenters. The lowest BCUT2D eigenvalue weighted by atomic mass is 10.1. The normalized spacial score (nSPS) is 11.8. The van der Waals surface area contributed by atoms with Crippen LogP contribution in [0.2, 0.25) is 0 Å². The number of benzene rings is 1. The Morgan fingerprint density at radius 3 is 2.46 bits per heavy atom. The second-order valence-electron chi connectivity index (χ2n) is 6.52. The summed E-state index contributed by atoms with van der Waals surface area (Å²) in [6.07, 6.45) is 9.94. The van der Waals surface area contributed by atoms with Crippen molar-refractivity contribution in [1.29, 1.82) is 0 Å². The first-order valence-electron chi connectivity index (χ1n) is 9.71. The van der Waals surface area contributed by atoms with Crippen LogP contribution in [-0.4, -0.2) is 28.3 Å². The van der Waals surface area contributed by atoms with Gasteiger partial charge in [-0.05, 0) is 41.6 Å². The molecule has 1 aromatic heterocycles. The Hall–Kier alpha value is -1.86. The molecule has 0 saturated heterocycles. The summed E-state index contributed by atoms with van der Waals surface area (Å²) in [6.45, 7) is 2.87. The van der Waals surface area contributed by atoms with E-state index >= 15 is 0 Å². The summed E-state index contributed by atoms with van der Waals surface area (Å²) in [5, 5.41) is 1.71. The zero-order valence-corrected chi connectivity index (χ0v) is 18.2. The Bertz CT molecular complexity index is 830. The van der Waals surface area contributed by atoms with Crippen LogP contribution >= 0.6 is 11.3 Å². The van der Waals surface area contributed by atoms with Gasteiger partial charge in [0.05, 0.1) is 13.7 Å². The summed E-state index contributed by atoms with van der Waals surface area (Å²) in [4.78, 5) is 0. The monoisotopic (exact) mass is 423 g/mol. The Morgan fingerprint density at radius 2 is 1.79 bits per heavy atom. The third-order valence-electron chi connectivity index (χ3n) is 4.28. The molecule has 5 nitrogen and oxygen atoms in total. The smallest absolute Gasteiger partial charge is 0.291 e. The molecule has 2 rings (SSSR count). The topological polar surface area (TPSA) is 65.0 Å². The third-order valence-corrected chi connectivity index (χ3v) is 6.89. The lowest BCUT2D eigenvalue weighted by Crippen LogP contribution is -2.00. The van der Waals surface area contributed by atoms with E-state index in [9.17, 15) is 8.42 Å². The van der Waals surface area contributed by atoms with Gasteiger partial charge in [0.2, 0.25) is 0 Å². The van der Waals surface area contributed by atoms with Crippen LogP contribution in [0.5, 0.6) is 11.5 Å². The molecular weight excluding hydrogens is 394 g/mol. The summed E-state index contributed by atoms with van der Waals surface area (Å²) in [6, 6.07) is 8.52. The molecule has 0 radical (unpaired) electrons. The second kappa shape index (κ2) is 11.9. The van der Waals surface area contributed by atoms with E-state index in [1.165, 1.54) is 38.3 Å². The lowest BCUT2D eigenvalue weighted by Gasteiger charge is -2.11. The fourth-order valence-electron chi connectivity index (χ4n) is 2.72. The van der Waals surface area contributed by atoms with Crippen LogP contribution in [-0.2, 0) is 10.0 Å². The van der Waals surface area contributed by atoms with Crippen molar-refractivity contribution in [2.24, 2.45) is 4.40 Å². The highest BCUT2D eigenvalue weighted by Gasteiger charge is 2.12. The number of rotatable bonds is 13. The molecule has 7 heteroatoms. The highest BCUT2D eigenvalue weighted by atomic mass is 32.2. The fraction of sp³-hybridized carbons (Fsp3) is 0.476. The van der Waals surface area contributed by atoms with Crippen LogP contribution in [0.25, 0.3) is 0 Å². The van der Waals surface area contributed by atoms with Crippen molar-refractivity contribution in [2.45, 2.75) is 56.1 Å². The van der Waals surface area contributed by atoms with E-state index in [4.69, 9.17) is 9.47 Å². The van der Waals surface area contributed by atoms with Crippen molar-refractivity contribution in [2.75, 3.05) is 13.7 Å². The fourth-order valence-corrected chi connectivity index (χ4v) is 4.56. The van der Waals surface area contributed by atoms with Crippen LogP contribution in [0.1, 0.15) is 57.4 Å². The Labute approximate surface area is 172 Å². The quantitative estimate of drug-likeness (QED) is 0.306. The van der Waals surface area contributed by atoms with Gasteiger partial charge in [0.15, 0.2) is 11.5 Å². The van der Waals surface area contributed by atoms with Gasteiger partial charge in [0, 0.05) is 6.21 Å². The van der Waals surface area contributed by atoms with E-state index in [0.717, 1.165) is 24.2 Å². The first-order valence-corrected chi connectivity index (χ1v) is 12.0. The van der Waals surface area contributed by atoms with Crippen LogP contribution in [0, 0.1) is 0 Å². The number of nitrogens with zero attached hydrogens (tertiary/aromatic N) is 1. The molecule has 28 heavy (non-hydrogen) atoms. The molecule has 0 fully saturated rings. The molecule has 0 bridgehead atoms. The van der Waals surface area contributed by atoms with Crippen molar-refractivity contribution in [3.8, 4) is 11.5 Å². The maximum Gasteiger partial charge on any atom is 0.291 e. The number of sulfonamides is 1. The highest BCUT2D eigenvalue weighted by molar-refractivity contribution is 7.92. The van der Waals surface area contributed by atoms with Crippen molar-refractivity contribution >= 4 is 27.6 Å². The van der Waals surface area contributed by atoms with Crippen molar-refractivity contribution in [3.05, 3.63) is 41.3 Å². The molecule has 0 amide bonds. The van der Waals surface area contributed by atoms with Gasteiger partial charge < -0.3 is 9.47 Å². The van der Waals surface area contributed by atoms with Gasteiger partial charge in [0.1, 0.15) is 4.21 Å². The molecule has 0 atom stereocenters. The SMILES string of the molecule is CCCCCCCCCOc1ccc(/C=N\S(=O)(=O)c2cccs2)cc1OC. The van der Waals surface area contributed by atoms with Gasteiger partial charge in [-0.1, -0.05) is 51.5 Å². The average molecular weight is 424 g/mol. The van der Waals surface area contributed by atoms with Crippen LogP contribution < -0.4 is 9.47 Å². The maximum atomic E-state index is 12.1. The summed E-state index contributed by atoms with van der Waals surface area (Å²) in [7, 11) is -2.09. The lowest BCUT2D eigenvalue weighted by molar-refractivity contribution is 0.284. The third kappa shape index (κ3) is 7.28. The number of unbranched alkanes of at least 4 members (excludes halogenated alkanes) is 6. The minimum atomic E-state index is -3.66. The van der Waals surface area contributed by atoms with E-state index in [2.05, 4.69) is 11.3 Å². The minimum Gasteiger partial charge on any atom is -0.493 e. The largest absolute Gasteiger partial charge is 0.493 e. The first kappa shape index (κ1) is 22.4. The molecule has 0 N–H and O–H groups in total. The van der Waals surface area contributed by atoms with Gasteiger partial charge in [-0.15, -0.1) is 11.3 Å². The average Bonchev–Trinajstić information content (AvgIpc) is 3.25. The first-order chi connectivity index (χ1) is 13.6. The van der Waals surface area contributed by atoms with Crippen molar-refractivity contribution < 1.29 is 17.9 Å². The molecule has 1 heterocycles. The van der Waals surface area contributed by atoms with Crippen molar-refractivity contribution in [3.63, 3.8) is 0 Å². The standard InChI is InChI=1S/C21H29NO4S2/c1-3-4-5-6-7-8-9-14-26-19-13-12-18(16-20(19)25-2)17-22-28(23,24)21-11-10-15-27-21/h10-13,15-17H,3-9,14H2,1-2H3/b22-17-. The highest BCUT2D eigenvalue weighted by Crippen LogP contribution is 2.28. The van der Waals surface area contributed by atoms with Crippen molar-refractivity contribution in [1.82, 2.24) is 0 Å². The number of ether oxygens (including phenoxy) is 2. The van der Waals surface area contributed by atoms with E-state index in [1.807, 2.05) is 0 Å². The summed E-state index contributed by atoms with van der Waals surface area (Å²) in [5.74, 6) is 1.23. The zero-order chi connectivity index (χ0) is 20.2. The summed E-state index contributed by atoms with van der Waals surface area (Å²) < 4.78 is 39.4. The van der Waals surface area contributed by atoms with Crippen LogP contribution in [0.3, 0.4) is 0 Å². The zero-order valence-electron chi connectivity index (χ0n) is 16.6. The molecule has 0 aliphatic heterocycles. The molecule has 0 saturated carbocycles. The van der Waals surface area contributed by atoms with Gasteiger partial charge in [-0.3, -0.25) is 0 Å². The van der Waals surface area contributed by atoms with E-state index in [1.54, 1.807) is 42.8 Å². The van der Waals surface area contributed by atoms with Crippen LogP contribution in [0.15, 0.2) is 44.3 Å². The number of hydrogen-bond acceptors (Lipinski definition) is 5. The number of thiophene rings is 1. The Balaban J connectivity index is 1.87. The molecule has 0 aliphatic rings. The molecular formula is C21H29NO4S2. The van der Waals surface area contributed by atoms with Gasteiger partial charge >= 0.3 is 0 Å². The van der Waals surface area contributed by atoms with Crippen LogP contribution in [0.4, 0.5) is 0 Å². The van der Waals surface area contributed by atoms with E-state index in [0.29, 0.717) is 23.7 Å². The molecule has 154 valence electrons. The molecule has 2 aromatic rings. The van der Waals surface area contributed by atoms with E-state index < -0.39 is 10.0 Å². The maximum absolute atomic E-state index is 12.1. The van der Waals surface area contributed by atoms with E-state index in [-0.39, 0.29) is 4.21 Å². The minimum absolute atomic E-state index is 0.227. The van der Waals surface area contributed by atoms with Gasteiger partial charge in [-0.25, -0.2) is 0 Å². The molecule has 1 aromatic carbocycles. The molecule has 0 aliphatic carbocycles. The molecule has 0 spiro atoms. The number of methoxy groups -OCH3 is 1. The summed E-state index contributed by atoms with van der Waals surface area (Å²) in [5.41, 5.74) is 0.639. The predicted octanol–water partition coefficient (Wildman–Crippen LogP) is 5.69. The second-order valence-corrected chi connectivity index (χ2v) is 9.33. The predicted molar refractivity (Wildman–Crippen MR) is 116 cm³/mol. The number of hydrogen-bond donors (Lipinski definition) is 0.